The molecule has 0 fully saturated rings. The van der Waals surface area contributed by atoms with Crippen LogP contribution in [0.5, 0.6) is 0 Å². The van der Waals surface area contributed by atoms with Gasteiger partial charge in [0.05, 0.1) is 0 Å². The maximum atomic E-state index is 10.7. The molecule has 0 rings (SSSR count). The molecule has 4 N–H and O–H groups in total. The molecule has 0 aliphatic rings. The van der Waals surface area contributed by atoms with Crippen LogP contribution in [0.25, 0.3) is 0 Å². The van der Waals surface area contributed by atoms with Gasteiger partial charge in [-0.15, -0.1) is 0 Å². The first-order chi connectivity index (χ1) is 4.89. The monoisotopic (exact) mass is 288 g/mol. The van der Waals surface area contributed by atoms with Crippen molar-refractivity contribution in [1.29, 1.82) is 0 Å². The van der Waals surface area contributed by atoms with Crippen molar-refractivity contribution >= 4 is 32.6 Å². The van der Waals surface area contributed by atoms with Gasteiger partial charge in [0, 0.05) is 5.70 Å². The van der Waals surface area contributed by atoms with Gasteiger partial charge < -0.3 is 5.73 Å². The smallest absolute Gasteiger partial charge is 0.239 e. The van der Waals surface area contributed by atoms with Crippen molar-refractivity contribution in [3.63, 3.8) is 0 Å². The lowest BCUT2D eigenvalue weighted by molar-refractivity contribution is 0.604. The van der Waals surface area contributed by atoms with Crippen LogP contribution >= 0.6 is 22.6 Å². The minimum absolute atomic E-state index is 0.0353. The summed E-state index contributed by atoms with van der Waals surface area (Å²) >= 11 is 1.89. The summed E-state index contributed by atoms with van der Waals surface area (Å²) in [5, 5.41) is 4.85. The molecule has 64 valence electrons. The third-order valence-corrected chi connectivity index (χ3v) is 2.34. The van der Waals surface area contributed by atoms with Crippen LogP contribution in [0, 0.1) is 0 Å². The SMILES string of the molecule is CC(N)=C(C=CI)S(N)(=O)=O. The zero-order chi connectivity index (χ0) is 9.07. The van der Waals surface area contributed by atoms with E-state index in [0.29, 0.717) is 0 Å². The molecule has 0 radical (unpaired) electrons. The van der Waals surface area contributed by atoms with Gasteiger partial charge in [-0.05, 0) is 17.1 Å². The quantitative estimate of drug-likeness (QED) is 0.570. The van der Waals surface area contributed by atoms with E-state index in [9.17, 15) is 8.42 Å². The number of allylic oxidation sites excluding steroid dienone is 2. The van der Waals surface area contributed by atoms with Crippen LogP contribution in [0.3, 0.4) is 0 Å². The highest BCUT2D eigenvalue weighted by Crippen LogP contribution is 2.07. The standard InChI is InChI=1S/C5H9IN2O2S/c1-4(7)5(2-3-6)11(8,9)10/h2-3H,7H2,1H3,(H2,8,9,10). The van der Waals surface area contributed by atoms with Crippen LogP contribution in [0.2, 0.25) is 0 Å². The van der Waals surface area contributed by atoms with Crippen LogP contribution < -0.4 is 10.9 Å². The molecule has 0 aliphatic carbocycles. The molecule has 0 spiro atoms. The highest BCUT2D eigenvalue weighted by molar-refractivity contribution is 14.1. The molecular formula is C5H9IN2O2S. The highest BCUT2D eigenvalue weighted by atomic mass is 127. The Morgan fingerprint density at radius 2 is 2.00 bits per heavy atom. The average molecular weight is 288 g/mol. The van der Waals surface area contributed by atoms with Crippen LogP contribution in [0.1, 0.15) is 6.92 Å². The number of hydrogen-bond donors (Lipinski definition) is 2. The highest BCUT2D eigenvalue weighted by Gasteiger charge is 2.09. The molecule has 0 heterocycles. The third-order valence-electron chi connectivity index (χ3n) is 0.910. The van der Waals surface area contributed by atoms with Crippen LogP contribution in [0.4, 0.5) is 0 Å². The Morgan fingerprint density at radius 1 is 1.55 bits per heavy atom. The van der Waals surface area contributed by atoms with Gasteiger partial charge in [-0.1, -0.05) is 22.6 Å². The molecule has 11 heavy (non-hydrogen) atoms. The molecule has 0 amide bonds. The van der Waals surface area contributed by atoms with Gasteiger partial charge in [0.15, 0.2) is 0 Å². The number of sulfonamides is 1. The predicted molar refractivity (Wildman–Crippen MR) is 53.2 cm³/mol. The molecule has 6 heteroatoms. The lowest BCUT2D eigenvalue weighted by atomic mass is 10.4. The van der Waals surface area contributed by atoms with Crippen molar-refractivity contribution < 1.29 is 8.42 Å². The summed E-state index contributed by atoms with van der Waals surface area (Å²) in [5.41, 5.74) is 5.47. The molecule has 0 saturated carbocycles. The number of halogens is 1. The van der Waals surface area contributed by atoms with E-state index in [-0.39, 0.29) is 10.6 Å². The van der Waals surface area contributed by atoms with Crippen molar-refractivity contribution in [3.8, 4) is 0 Å². The fraction of sp³-hybridized carbons (Fsp3) is 0.200. The fourth-order valence-corrected chi connectivity index (χ4v) is 1.82. The number of primary sulfonamides is 1. The van der Waals surface area contributed by atoms with Crippen molar-refractivity contribution in [2.24, 2.45) is 10.9 Å². The van der Waals surface area contributed by atoms with Crippen molar-refractivity contribution in [1.82, 2.24) is 0 Å². The molecule has 0 aromatic heterocycles. The second-order valence-corrected chi connectivity index (χ2v) is 4.13. The second kappa shape index (κ2) is 4.07. The van der Waals surface area contributed by atoms with Crippen molar-refractivity contribution in [2.75, 3.05) is 0 Å². The third kappa shape index (κ3) is 3.73. The second-order valence-electron chi connectivity index (χ2n) is 1.88. The minimum atomic E-state index is -3.66. The summed E-state index contributed by atoms with van der Waals surface area (Å²) in [6.07, 6.45) is 1.35. The Kier molecular flexibility index (Phi) is 4.04. The van der Waals surface area contributed by atoms with E-state index in [1.807, 2.05) is 22.6 Å². The van der Waals surface area contributed by atoms with E-state index in [0.717, 1.165) is 0 Å². The largest absolute Gasteiger partial charge is 0.401 e. The fourth-order valence-electron chi connectivity index (χ4n) is 0.508. The molecule has 0 saturated heterocycles. The number of nitrogens with two attached hydrogens (primary N) is 2. The Morgan fingerprint density at radius 3 is 2.09 bits per heavy atom. The van der Waals surface area contributed by atoms with Crippen LogP contribution in [-0.4, -0.2) is 8.42 Å². The molecule has 4 nitrogen and oxygen atoms in total. The first-order valence-electron chi connectivity index (χ1n) is 2.65. The predicted octanol–water partition coefficient (Wildman–Crippen LogP) is 0.414. The summed E-state index contributed by atoms with van der Waals surface area (Å²) in [5.74, 6) is 0. The molecule has 0 atom stereocenters. The summed E-state index contributed by atoms with van der Waals surface area (Å²) in [6, 6.07) is 0. The van der Waals surface area contributed by atoms with Gasteiger partial charge in [0.1, 0.15) is 4.91 Å². The Hall–Kier alpha value is -0.0800. The normalized spacial score (nSPS) is 15.2. The number of rotatable bonds is 2. The van der Waals surface area contributed by atoms with E-state index in [1.165, 1.54) is 17.1 Å². The van der Waals surface area contributed by atoms with Crippen molar-refractivity contribution in [2.45, 2.75) is 6.92 Å². The maximum Gasteiger partial charge on any atom is 0.239 e. The summed E-state index contributed by atoms with van der Waals surface area (Å²) in [7, 11) is -3.66. The van der Waals surface area contributed by atoms with Crippen LogP contribution in [-0.2, 0) is 10.0 Å². The van der Waals surface area contributed by atoms with Crippen LogP contribution in [0.15, 0.2) is 20.8 Å². The van der Waals surface area contributed by atoms with E-state index >= 15 is 0 Å². The first kappa shape index (κ1) is 10.9. The van der Waals surface area contributed by atoms with Gasteiger partial charge in [-0.3, -0.25) is 0 Å². The zero-order valence-electron chi connectivity index (χ0n) is 5.91. The van der Waals surface area contributed by atoms with E-state index in [1.54, 1.807) is 0 Å². The summed E-state index contributed by atoms with van der Waals surface area (Å²) < 4.78 is 23.0. The lowest BCUT2D eigenvalue weighted by Crippen LogP contribution is -2.16. The Balaban J connectivity index is 5.14. The van der Waals surface area contributed by atoms with Gasteiger partial charge in [-0.2, -0.15) is 0 Å². The average Bonchev–Trinajstić information content (AvgIpc) is 1.79. The van der Waals surface area contributed by atoms with E-state index in [4.69, 9.17) is 10.9 Å². The molecular weight excluding hydrogens is 279 g/mol. The minimum Gasteiger partial charge on any atom is -0.401 e. The first-order valence-corrected chi connectivity index (χ1v) is 5.44. The zero-order valence-corrected chi connectivity index (χ0v) is 8.89. The van der Waals surface area contributed by atoms with Gasteiger partial charge >= 0.3 is 0 Å². The lowest BCUT2D eigenvalue weighted by Gasteiger charge is -1.99. The van der Waals surface area contributed by atoms with E-state index in [2.05, 4.69) is 0 Å². The Labute approximate surface area is 79.5 Å². The Bertz CT molecular complexity index is 288. The van der Waals surface area contributed by atoms with Gasteiger partial charge in [0.2, 0.25) is 10.0 Å². The van der Waals surface area contributed by atoms with Gasteiger partial charge in [0.25, 0.3) is 0 Å². The topological polar surface area (TPSA) is 86.2 Å². The summed E-state index contributed by atoms with van der Waals surface area (Å²) in [4.78, 5) is -0.0353. The summed E-state index contributed by atoms with van der Waals surface area (Å²) in [6.45, 7) is 1.48. The molecule has 0 aliphatic heterocycles. The number of hydrogen-bond acceptors (Lipinski definition) is 3. The molecule has 0 unspecified atom stereocenters. The molecule has 0 aromatic rings. The maximum absolute atomic E-state index is 10.7. The van der Waals surface area contributed by atoms with Crippen molar-refractivity contribution in [3.05, 3.63) is 20.8 Å². The molecule has 0 aromatic carbocycles. The van der Waals surface area contributed by atoms with Gasteiger partial charge in [-0.25, -0.2) is 13.6 Å². The molecule has 0 bridgehead atoms. The van der Waals surface area contributed by atoms with E-state index < -0.39 is 10.0 Å².